The number of aromatic nitrogens is 2. The zero-order valence-electron chi connectivity index (χ0n) is 19.6. The number of methoxy groups -OCH3 is 1. The molecule has 0 N–H and O–H groups in total. The number of carbonyl (C=O) groups excluding carboxylic acids is 1. The molecule has 2 aromatic carbocycles. The van der Waals surface area contributed by atoms with Crippen molar-refractivity contribution in [1.82, 2.24) is 14.5 Å². The van der Waals surface area contributed by atoms with Gasteiger partial charge in [-0.1, -0.05) is 18.2 Å². The van der Waals surface area contributed by atoms with Gasteiger partial charge in [-0.05, 0) is 80.5 Å². The van der Waals surface area contributed by atoms with Crippen molar-refractivity contribution < 1.29 is 9.53 Å². The molecule has 5 rings (SSSR count). The van der Waals surface area contributed by atoms with Crippen LogP contribution in [-0.4, -0.2) is 33.5 Å². The zero-order valence-corrected chi connectivity index (χ0v) is 19.6. The third-order valence-electron chi connectivity index (χ3n) is 6.96. The van der Waals surface area contributed by atoms with Crippen LogP contribution in [0.15, 0.2) is 60.6 Å². The van der Waals surface area contributed by atoms with Gasteiger partial charge in [0.15, 0.2) is 0 Å². The van der Waals surface area contributed by atoms with Gasteiger partial charge in [0, 0.05) is 17.8 Å². The largest absolute Gasteiger partial charge is 0.495 e. The molecule has 0 unspecified atom stereocenters. The maximum atomic E-state index is 13.7. The summed E-state index contributed by atoms with van der Waals surface area (Å²) in [4.78, 5) is 20.1. The van der Waals surface area contributed by atoms with Gasteiger partial charge in [-0.2, -0.15) is 5.26 Å². The number of hydrogen-bond acceptors (Lipinski definition) is 4. The van der Waals surface area contributed by atoms with E-state index in [2.05, 4.69) is 16.0 Å². The first-order chi connectivity index (χ1) is 16.6. The lowest BCUT2D eigenvalue weighted by Crippen LogP contribution is -2.49. The second-order valence-electron chi connectivity index (χ2n) is 9.11. The molecule has 2 aliphatic rings. The summed E-state index contributed by atoms with van der Waals surface area (Å²) in [6.45, 7) is 1.95. The van der Waals surface area contributed by atoms with Crippen LogP contribution in [0.25, 0.3) is 11.8 Å². The van der Waals surface area contributed by atoms with E-state index in [-0.39, 0.29) is 18.0 Å². The first-order valence-corrected chi connectivity index (χ1v) is 11.8. The maximum Gasteiger partial charge on any atom is 0.250 e. The quantitative estimate of drug-likeness (QED) is 0.500. The number of ether oxygens (including phenoxy) is 1. The van der Waals surface area contributed by atoms with Crippen molar-refractivity contribution in [3.8, 4) is 17.5 Å². The van der Waals surface area contributed by atoms with Crippen LogP contribution in [0.1, 0.15) is 60.5 Å². The van der Waals surface area contributed by atoms with Gasteiger partial charge in [-0.3, -0.25) is 4.79 Å². The lowest BCUT2D eigenvalue weighted by Gasteiger charge is -2.46. The Morgan fingerprint density at radius 3 is 2.68 bits per heavy atom. The van der Waals surface area contributed by atoms with Crippen molar-refractivity contribution in [1.29, 1.82) is 5.26 Å². The maximum absolute atomic E-state index is 13.7. The van der Waals surface area contributed by atoms with Crippen LogP contribution >= 0.6 is 0 Å². The fourth-order valence-electron chi connectivity index (χ4n) is 5.26. The summed E-state index contributed by atoms with van der Waals surface area (Å²) in [7, 11) is 1.66. The van der Waals surface area contributed by atoms with E-state index in [1.807, 2.05) is 66.2 Å². The van der Waals surface area contributed by atoms with Crippen molar-refractivity contribution in [3.63, 3.8) is 0 Å². The molecule has 3 heterocycles. The number of hydrogen-bond donors (Lipinski definition) is 0. The Balaban J connectivity index is 1.44. The van der Waals surface area contributed by atoms with E-state index < -0.39 is 0 Å². The lowest BCUT2D eigenvalue weighted by molar-refractivity contribution is -0.136. The Morgan fingerprint density at radius 1 is 1.15 bits per heavy atom. The molecule has 2 saturated heterocycles. The number of fused-ring (bicyclic) bond motifs is 1. The van der Waals surface area contributed by atoms with Crippen molar-refractivity contribution in [2.24, 2.45) is 0 Å². The molecule has 0 bridgehead atoms. The third kappa shape index (κ3) is 4.10. The van der Waals surface area contributed by atoms with Gasteiger partial charge in [0.2, 0.25) is 0 Å². The average Bonchev–Trinajstić information content (AvgIpc) is 3.31. The number of nitrogens with zero attached hydrogens (tertiary/aromatic N) is 4. The van der Waals surface area contributed by atoms with E-state index in [1.165, 1.54) is 0 Å². The predicted molar refractivity (Wildman–Crippen MR) is 130 cm³/mol. The molecule has 6 nitrogen and oxygen atoms in total. The van der Waals surface area contributed by atoms with Crippen LogP contribution < -0.4 is 4.74 Å². The summed E-state index contributed by atoms with van der Waals surface area (Å²) in [5.74, 6) is 0.861. The van der Waals surface area contributed by atoms with Crippen LogP contribution in [0.4, 0.5) is 0 Å². The number of imidazole rings is 1. The second kappa shape index (κ2) is 9.18. The summed E-state index contributed by atoms with van der Waals surface area (Å²) in [5, 5.41) is 9.13. The summed E-state index contributed by atoms with van der Waals surface area (Å²) < 4.78 is 7.59. The van der Waals surface area contributed by atoms with Gasteiger partial charge in [-0.25, -0.2) is 4.98 Å². The van der Waals surface area contributed by atoms with Crippen LogP contribution in [0.5, 0.6) is 5.75 Å². The summed E-state index contributed by atoms with van der Waals surface area (Å²) in [6, 6.07) is 16.2. The minimum atomic E-state index is 0.0593. The van der Waals surface area contributed by atoms with E-state index in [9.17, 15) is 4.79 Å². The fourth-order valence-corrected chi connectivity index (χ4v) is 5.26. The highest BCUT2D eigenvalue weighted by atomic mass is 16.5. The molecule has 3 aromatic rings. The molecule has 0 radical (unpaired) electrons. The summed E-state index contributed by atoms with van der Waals surface area (Å²) >= 11 is 0. The van der Waals surface area contributed by atoms with Crippen molar-refractivity contribution in [2.45, 2.75) is 51.1 Å². The normalized spacial score (nSPS) is 21.3. The number of benzene rings is 2. The summed E-state index contributed by atoms with van der Waals surface area (Å²) in [5.41, 5.74) is 5.40. The highest BCUT2D eigenvalue weighted by Crippen LogP contribution is 2.41. The second-order valence-corrected chi connectivity index (χ2v) is 9.11. The SMILES string of the molecule is COc1cc(C=C2CC[C@@H]3CCC[C@@H](c4ccc(C#N)cc4)N3C2=O)ccc1-n1cnc(C)c1. The van der Waals surface area contributed by atoms with Crippen LogP contribution in [-0.2, 0) is 4.79 Å². The average molecular weight is 453 g/mol. The topological polar surface area (TPSA) is 71.2 Å². The molecule has 1 amide bonds. The molecule has 1 aromatic heterocycles. The van der Waals surface area contributed by atoms with E-state index in [0.717, 1.165) is 65.9 Å². The fraction of sp³-hybridized carbons (Fsp3) is 0.321. The molecular formula is C28H28N4O2. The Hall–Kier alpha value is -3.85. The molecule has 2 fully saturated rings. The number of piperidine rings is 2. The highest BCUT2D eigenvalue weighted by molar-refractivity contribution is 5.99. The molecule has 2 atom stereocenters. The van der Waals surface area contributed by atoms with E-state index >= 15 is 0 Å². The van der Waals surface area contributed by atoms with Gasteiger partial charge in [0.1, 0.15) is 5.75 Å². The van der Waals surface area contributed by atoms with Crippen LogP contribution in [0.3, 0.4) is 0 Å². The molecule has 2 aliphatic heterocycles. The number of amides is 1. The number of carbonyl (C=O) groups is 1. The Morgan fingerprint density at radius 2 is 1.97 bits per heavy atom. The Bertz CT molecular complexity index is 1280. The molecule has 0 saturated carbocycles. The molecule has 0 aliphatic carbocycles. The van der Waals surface area contributed by atoms with Gasteiger partial charge in [0.05, 0.1) is 42.5 Å². The highest BCUT2D eigenvalue weighted by Gasteiger charge is 2.39. The Labute approximate surface area is 200 Å². The van der Waals surface area contributed by atoms with E-state index in [0.29, 0.717) is 5.56 Å². The molecule has 34 heavy (non-hydrogen) atoms. The Kier molecular flexibility index (Phi) is 5.93. The molecular weight excluding hydrogens is 424 g/mol. The number of rotatable bonds is 4. The molecule has 0 spiro atoms. The number of aryl methyl sites for hydroxylation is 1. The van der Waals surface area contributed by atoms with Crippen LogP contribution in [0.2, 0.25) is 0 Å². The van der Waals surface area contributed by atoms with E-state index in [1.54, 1.807) is 13.4 Å². The van der Waals surface area contributed by atoms with Gasteiger partial charge >= 0.3 is 0 Å². The monoisotopic (exact) mass is 452 g/mol. The number of nitriles is 1. The van der Waals surface area contributed by atoms with Gasteiger partial charge in [0.25, 0.3) is 5.91 Å². The van der Waals surface area contributed by atoms with Gasteiger partial charge in [-0.15, -0.1) is 0 Å². The van der Waals surface area contributed by atoms with E-state index in [4.69, 9.17) is 10.00 Å². The smallest absolute Gasteiger partial charge is 0.250 e. The minimum Gasteiger partial charge on any atom is -0.495 e. The molecule has 6 heteroatoms. The minimum absolute atomic E-state index is 0.0593. The van der Waals surface area contributed by atoms with Crippen molar-refractivity contribution in [3.05, 3.63) is 82.9 Å². The first-order valence-electron chi connectivity index (χ1n) is 11.8. The summed E-state index contributed by atoms with van der Waals surface area (Å²) in [6.07, 6.45) is 10.6. The molecule has 172 valence electrons. The third-order valence-corrected chi connectivity index (χ3v) is 6.96. The van der Waals surface area contributed by atoms with Crippen molar-refractivity contribution >= 4 is 12.0 Å². The van der Waals surface area contributed by atoms with Crippen molar-refractivity contribution in [2.75, 3.05) is 7.11 Å². The van der Waals surface area contributed by atoms with Crippen LogP contribution in [0, 0.1) is 18.3 Å². The first kappa shape index (κ1) is 22.0. The predicted octanol–water partition coefficient (Wildman–Crippen LogP) is 5.36. The zero-order chi connectivity index (χ0) is 23.7. The lowest BCUT2D eigenvalue weighted by atomic mass is 9.83. The van der Waals surface area contributed by atoms with Gasteiger partial charge < -0.3 is 14.2 Å². The standard InChI is InChI=1S/C28H28N4O2/c1-19-17-31(18-30-19)26-13-8-21(15-27(26)34-2)14-23-11-12-24-4-3-5-25(32(24)28(23)33)22-9-6-20(16-29)7-10-22/h6-10,13-15,17-18,24-25H,3-5,11-12H2,1-2H3/t24-,25-/m0/s1.